The molecular weight excluding hydrogens is 473 g/mol. The molecule has 178 valence electrons. The molecule has 1 atom stereocenters. The molecule has 9 nitrogen and oxygen atoms in total. The zero-order valence-corrected chi connectivity index (χ0v) is 20.4. The molecule has 2 rings (SSSR count). The van der Waals surface area contributed by atoms with Gasteiger partial charge in [-0.2, -0.15) is 10.2 Å². The SMILES string of the molecule is CCOc1cc(N=NC(C(C)=O)C(=O)Nc2ccc(OC)c(Cl)c2OC)cc(OCC)c1Cl. The van der Waals surface area contributed by atoms with Crippen molar-refractivity contribution in [3.8, 4) is 23.0 Å². The van der Waals surface area contributed by atoms with Gasteiger partial charge in [-0.05, 0) is 32.9 Å². The van der Waals surface area contributed by atoms with Crippen molar-refractivity contribution in [2.24, 2.45) is 10.2 Å². The quantitative estimate of drug-likeness (QED) is 0.324. The van der Waals surface area contributed by atoms with E-state index in [2.05, 4.69) is 15.5 Å². The van der Waals surface area contributed by atoms with E-state index in [1.54, 1.807) is 32.0 Å². The number of ketones is 1. The van der Waals surface area contributed by atoms with Crippen LogP contribution in [0.3, 0.4) is 0 Å². The van der Waals surface area contributed by atoms with Crippen molar-refractivity contribution in [1.82, 2.24) is 0 Å². The Kier molecular flexibility index (Phi) is 9.74. The number of amides is 1. The molecule has 11 heteroatoms. The molecule has 33 heavy (non-hydrogen) atoms. The predicted molar refractivity (Wildman–Crippen MR) is 126 cm³/mol. The Hall–Kier alpha value is -3.04. The Labute approximate surface area is 202 Å². The van der Waals surface area contributed by atoms with Crippen molar-refractivity contribution in [2.75, 3.05) is 32.8 Å². The lowest BCUT2D eigenvalue weighted by atomic mass is 10.2. The Morgan fingerprint density at radius 3 is 2.06 bits per heavy atom. The van der Waals surface area contributed by atoms with Crippen molar-refractivity contribution in [3.63, 3.8) is 0 Å². The largest absolute Gasteiger partial charge is 0.495 e. The number of nitrogens with one attached hydrogen (secondary N) is 1. The van der Waals surface area contributed by atoms with Gasteiger partial charge in [-0.15, -0.1) is 0 Å². The highest BCUT2D eigenvalue weighted by molar-refractivity contribution is 6.34. The van der Waals surface area contributed by atoms with E-state index < -0.39 is 17.7 Å². The highest BCUT2D eigenvalue weighted by atomic mass is 35.5. The Morgan fingerprint density at radius 1 is 0.970 bits per heavy atom. The third kappa shape index (κ3) is 6.49. The summed E-state index contributed by atoms with van der Waals surface area (Å²) >= 11 is 12.5. The van der Waals surface area contributed by atoms with Gasteiger partial charge in [-0.25, -0.2) is 0 Å². The van der Waals surface area contributed by atoms with E-state index in [0.29, 0.717) is 41.2 Å². The van der Waals surface area contributed by atoms with Crippen LogP contribution in [0.4, 0.5) is 11.4 Å². The van der Waals surface area contributed by atoms with Gasteiger partial charge < -0.3 is 24.3 Å². The summed E-state index contributed by atoms with van der Waals surface area (Å²) in [6.45, 7) is 5.59. The highest BCUT2D eigenvalue weighted by Crippen LogP contribution is 2.40. The summed E-state index contributed by atoms with van der Waals surface area (Å²) in [7, 11) is 2.85. The highest BCUT2D eigenvalue weighted by Gasteiger charge is 2.25. The fourth-order valence-corrected chi connectivity index (χ4v) is 3.31. The first-order valence-corrected chi connectivity index (χ1v) is 10.7. The van der Waals surface area contributed by atoms with Crippen molar-refractivity contribution in [2.45, 2.75) is 26.8 Å². The normalized spacial score (nSPS) is 11.7. The average Bonchev–Trinajstić information content (AvgIpc) is 2.77. The zero-order valence-electron chi connectivity index (χ0n) is 18.9. The smallest absolute Gasteiger partial charge is 0.258 e. The van der Waals surface area contributed by atoms with E-state index in [1.165, 1.54) is 27.2 Å². The number of carbonyl (C=O) groups excluding carboxylic acids is 2. The monoisotopic (exact) mass is 497 g/mol. The number of methoxy groups -OCH3 is 2. The molecule has 0 radical (unpaired) electrons. The number of ether oxygens (including phenoxy) is 4. The van der Waals surface area contributed by atoms with Crippen LogP contribution < -0.4 is 24.3 Å². The lowest BCUT2D eigenvalue weighted by Crippen LogP contribution is -2.32. The van der Waals surface area contributed by atoms with Crippen molar-refractivity contribution in [1.29, 1.82) is 0 Å². The zero-order chi connectivity index (χ0) is 24.5. The Morgan fingerprint density at radius 2 is 1.58 bits per heavy atom. The van der Waals surface area contributed by atoms with Crippen LogP contribution in [0.2, 0.25) is 10.0 Å². The van der Waals surface area contributed by atoms with Crippen LogP contribution in [0.15, 0.2) is 34.5 Å². The molecule has 0 bridgehead atoms. The van der Waals surface area contributed by atoms with Gasteiger partial charge in [0, 0.05) is 12.1 Å². The third-order valence-corrected chi connectivity index (χ3v) is 4.99. The maximum atomic E-state index is 12.8. The van der Waals surface area contributed by atoms with Crippen LogP contribution in [0.25, 0.3) is 0 Å². The second kappa shape index (κ2) is 12.3. The molecule has 0 saturated heterocycles. The lowest BCUT2D eigenvalue weighted by Gasteiger charge is -2.15. The number of Topliss-reactive ketones (excluding diaryl/α,β-unsaturated/α-hetero) is 1. The van der Waals surface area contributed by atoms with Crippen LogP contribution in [0.1, 0.15) is 20.8 Å². The summed E-state index contributed by atoms with van der Waals surface area (Å²) in [6.07, 6.45) is 0. The number of halogens is 2. The molecule has 0 aliphatic carbocycles. The average molecular weight is 498 g/mol. The summed E-state index contributed by atoms with van der Waals surface area (Å²) in [5.74, 6) is 0.0194. The number of hydrogen-bond donors (Lipinski definition) is 1. The van der Waals surface area contributed by atoms with Gasteiger partial charge in [0.2, 0.25) is 6.04 Å². The molecule has 1 N–H and O–H groups in total. The van der Waals surface area contributed by atoms with Gasteiger partial charge in [0.1, 0.15) is 27.3 Å². The summed E-state index contributed by atoms with van der Waals surface area (Å²) in [5.41, 5.74) is 0.550. The lowest BCUT2D eigenvalue weighted by molar-refractivity contribution is -0.126. The van der Waals surface area contributed by atoms with E-state index in [0.717, 1.165) is 0 Å². The minimum absolute atomic E-state index is 0.173. The van der Waals surface area contributed by atoms with Crippen molar-refractivity contribution in [3.05, 3.63) is 34.3 Å². The Bertz CT molecular complexity index is 1020. The number of hydrogen-bond acceptors (Lipinski definition) is 8. The maximum Gasteiger partial charge on any atom is 0.258 e. The summed E-state index contributed by atoms with van der Waals surface area (Å²) in [4.78, 5) is 25.0. The number of nitrogens with zero attached hydrogens (tertiary/aromatic N) is 2. The molecule has 0 aliphatic rings. The van der Waals surface area contributed by atoms with E-state index in [4.69, 9.17) is 42.1 Å². The summed E-state index contributed by atoms with van der Waals surface area (Å²) in [6, 6.07) is 4.76. The molecule has 0 heterocycles. The van der Waals surface area contributed by atoms with Crippen LogP contribution >= 0.6 is 23.2 Å². The molecule has 0 fully saturated rings. The van der Waals surface area contributed by atoms with Gasteiger partial charge in [0.15, 0.2) is 11.5 Å². The predicted octanol–water partition coefficient (Wildman–Crippen LogP) is 5.49. The fourth-order valence-electron chi connectivity index (χ4n) is 2.77. The van der Waals surface area contributed by atoms with Gasteiger partial charge in [-0.3, -0.25) is 9.59 Å². The Balaban J connectivity index is 2.34. The van der Waals surface area contributed by atoms with Crippen LogP contribution in [0, 0.1) is 0 Å². The maximum absolute atomic E-state index is 12.8. The molecule has 0 spiro atoms. The minimum atomic E-state index is -1.42. The van der Waals surface area contributed by atoms with Crippen LogP contribution in [-0.4, -0.2) is 45.2 Å². The third-order valence-electron chi connectivity index (χ3n) is 4.26. The summed E-state index contributed by atoms with van der Waals surface area (Å²) < 4.78 is 21.4. The number of carbonyl (C=O) groups is 2. The van der Waals surface area contributed by atoms with Crippen LogP contribution in [-0.2, 0) is 9.59 Å². The van der Waals surface area contributed by atoms with E-state index >= 15 is 0 Å². The molecule has 2 aromatic rings. The standard InChI is InChI=1S/C22H25Cl2N3O6/c1-6-32-16-10-13(11-17(18(16)23)33-7-2)26-27-20(12(3)28)22(29)25-14-8-9-15(30-4)19(24)21(14)31-5/h8-11,20H,6-7H2,1-5H3,(H,25,29). The van der Waals surface area contributed by atoms with Gasteiger partial charge in [0.05, 0.1) is 38.8 Å². The molecule has 0 aromatic heterocycles. The first-order valence-electron chi connectivity index (χ1n) is 9.99. The first-order chi connectivity index (χ1) is 15.8. The number of rotatable bonds is 11. The second-order valence-corrected chi connectivity index (χ2v) is 7.26. The second-order valence-electron chi connectivity index (χ2n) is 6.50. The summed E-state index contributed by atoms with van der Waals surface area (Å²) in [5, 5.41) is 11.1. The molecule has 0 saturated carbocycles. The topological polar surface area (TPSA) is 108 Å². The molecular formula is C22H25Cl2N3O6. The van der Waals surface area contributed by atoms with Gasteiger partial charge >= 0.3 is 0 Å². The fraction of sp³-hybridized carbons (Fsp3) is 0.364. The van der Waals surface area contributed by atoms with Crippen LogP contribution in [0.5, 0.6) is 23.0 Å². The number of benzene rings is 2. The molecule has 1 amide bonds. The number of azo groups is 1. The van der Waals surface area contributed by atoms with Crippen molar-refractivity contribution >= 4 is 46.3 Å². The van der Waals surface area contributed by atoms with E-state index in [-0.39, 0.29) is 16.5 Å². The van der Waals surface area contributed by atoms with Gasteiger partial charge in [0.25, 0.3) is 5.91 Å². The number of anilines is 1. The van der Waals surface area contributed by atoms with Crippen molar-refractivity contribution < 1.29 is 28.5 Å². The molecule has 2 aromatic carbocycles. The van der Waals surface area contributed by atoms with E-state index in [1.807, 2.05) is 0 Å². The first kappa shape index (κ1) is 26.2. The van der Waals surface area contributed by atoms with E-state index in [9.17, 15) is 9.59 Å². The van der Waals surface area contributed by atoms with Gasteiger partial charge in [-0.1, -0.05) is 23.2 Å². The molecule has 0 aliphatic heterocycles. The minimum Gasteiger partial charge on any atom is -0.495 e. The molecule has 1 unspecified atom stereocenters.